The van der Waals surface area contributed by atoms with Gasteiger partial charge >= 0.3 is 0 Å². The molecule has 0 spiro atoms. The molecule has 1 amide bonds. The van der Waals surface area contributed by atoms with E-state index in [2.05, 4.69) is 9.97 Å². The fraction of sp³-hybridized carbons (Fsp3) is 0.250. The predicted octanol–water partition coefficient (Wildman–Crippen LogP) is 2.11. The number of carbonyl (C=O) groups excluding carboxylic acids is 1. The SMILES string of the molecule is CC1Oc2ccccc2OC1C(=O)N(C)Cc1nc2ccccc2c(=O)[nH]1. The van der Waals surface area contributed by atoms with Crippen molar-refractivity contribution < 1.29 is 14.3 Å². The first-order valence-electron chi connectivity index (χ1n) is 8.68. The fourth-order valence-corrected chi connectivity index (χ4v) is 3.12. The molecule has 0 saturated heterocycles. The van der Waals surface area contributed by atoms with Crippen LogP contribution in [0.4, 0.5) is 0 Å². The summed E-state index contributed by atoms with van der Waals surface area (Å²) in [5, 5.41) is 0.518. The molecule has 0 bridgehead atoms. The predicted molar refractivity (Wildman–Crippen MR) is 99.8 cm³/mol. The molecule has 138 valence electrons. The van der Waals surface area contributed by atoms with Crippen molar-refractivity contribution in [3.05, 3.63) is 64.7 Å². The third kappa shape index (κ3) is 3.23. The largest absolute Gasteiger partial charge is 0.482 e. The minimum absolute atomic E-state index is 0.160. The van der Waals surface area contributed by atoms with E-state index in [1.807, 2.05) is 18.2 Å². The lowest BCUT2D eigenvalue weighted by Gasteiger charge is -2.33. The van der Waals surface area contributed by atoms with Crippen LogP contribution in [0.2, 0.25) is 0 Å². The number of aromatic amines is 1. The Morgan fingerprint density at radius 2 is 1.78 bits per heavy atom. The van der Waals surface area contributed by atoms with E-state index in [4.69, 9.17) is 9.47 Å². The topological polar surface area (TPSA) is 84.5 Å². The molecule has 2 heterocycles. The van der Waals surface area contributed by atoms with Crippen molar-refractivity contribution in [3.63, 3.8) is 0 Å². The molecule has 1 aliphatic rings. The molecule has 1 aliphatic heterocycles. The van der Waals surface area contributed by atoms with E-state index >= 15 is 0 Å². The van der Waals surface area contributed by atoms with Crippen molar-refractivity contribution in [3.8, 4) is 11.5 Å². The lowest BCUT2D eigenvalue weighted by Crippen LogP contribution is -2.49. The van der Waals surface area contributed by atoms with Crippen LogP contribution in [0.25, 0.3) is 10.9 Å². The Hall–Kier alpha value is -3.35. The number of amides is 1. The van der Waals surface area contributed by atoms with Gasteiger partial charge in [-0.15, -0.1) is 0 Å². The summed E-state index contributed by atoms with van der Waals surface area (Å²) in [6.07, 6.45) is -1.20. The van der Waals surface area contributed by atoms with E-state index < -0.39 is 12.2 Å². The number of aromatic nitrogens is 2. The zero-order valence-electron chi connectivity index (χ0n) is 15.0. The molecule has 7 heteroatoms. The summed E-state index contributed by atoms with van der Waals surface area (Å²) in [7, 11) is 1.65. The molecule has 2 aromatic carbocycles. The number of hydrogen-bond acceptors (Lipinski definition) is 5. The summed E-state index contributed by atoms with van der Waals surface area (Å²) in [5.41, 5.74) is 0.368. The molecule has 1 aromatic heterocycles. The highest BCUT2D eigenvalue weighted by Gasteiger charge is 2.36. The molecule has 1 N–H and O–H groups in total. The van der Waals surface area contributed by atoms with Gasteiger partial charge in [0.05, 0.1) is 17.4 Å². The Labute approximate surface area is 155 Å². The molecule has 0 saturated carbocycles. The quantitative estimate of drug-likeness (QED) is 0.768. The van der Waals surface area contributed by atoms with Crippen molar-refractivity contribution in [1.29, 1.82) is 0 Å². The van der Waals surface area contributed by atoms with Gasteiger partial charge in [0.2, 0.25) is 6.10 Å². The van der Waals surface area contributed by atoms with Crippen molar-refractivity contribution in [2.45, 2.75) is 25.7 Å². The normalized spacial score (nSPS) is 18.3. The Kier molecular flexibility index (Phi) is 4.27. The molecule has 2 atom stereocenters. The average Bonchev–Trinajstić information content (AvgIpc) is 2.67. The Morgan fingerprint density at radius 3 is 2.56 bits per heavy atom. The van der Waals surface area contributed by atoms with Gasteiger partial charge < -0.3 is 19.4 Å². The average molecular weight is 365 g/mol. The molecule has 0 radical (unpaired) electrons. The van der Waals surface area contributed by atoms with Crippen LogP contribution >= 0.6 is 0 Å². The number of rotatable bonds is 3. The Bertz CT molecular complexity index is 1060. The van der Waals surface area contributed by atoms with Gasteiger partial charge in [0.25, 0.3) is 11.5 Å². The summed E-state index contributed by atoms with van der Waals surface area (Å²) >= 11 is 0. The zero-order chi connectivity index (χ0) is 19.0. The number of ether oxygens (including phenoxy) is 2. The van der Waals surface area contributed by atoms with Gasteiger partial charge in [-0.05, 0) is 31.2 Å². The van der Waals surface area contributed by atoms with Gasteiger partial charge in [-0.3, -0.25) is 9.59 Å². The van der Waals surface area contributed by atoms with Crippen LogP contribution in [0.5, 0.6) is 11.5 Å². The van der Waals surface area contributed by atoms with E-state index in [9.17, 15) is 9.59 Å². The third-order valence-electron chi connectivity index (χ3n) is 4.51. The van der Waals surface area contributed by atoms with Gasteiger partial charge in [0, 0.05) is 7.05 Å². The summed E-state index contributed by atoms with van der Waals surface area (Å²) in [4.78, 5) is 33.7. The zero-order valence-corrected chi connectivity index (χ0v) is 15.0. The standard InChI is InChI=1S/C20H19N3O4/c1-12-18(27-16-10-6-5-9-15(16)26-12)20(25)23(2)11-17-21-14-8-4-3-7-13(14)19(24)22-17/h3-10,12,18H,11H2,1-2H3,(H,21,22,24). The maximum atomic E-state index is 12.9. The molecule has 7 nitrogen and oxygen atoms in total. The minimum Gasteiger partial charge on any atom is -0.482 e. The van der Waals surface area contributed by atoms with Gasteiger partial charge in [-0.25, -0.2) is 4.98 Å². The maximum Gasteiger partial charge on any atom is 0.267 e. The smallest absolute Gasteiger partial charge is 0.267 e. The highest BCUT2D eigenvalue weighted by molar-refractivity contribution is 5.82. The first kappa shape index (κ1) is 17.1. The number of para-hydroxylation sites is 3. The number of nitrogens with one attached hydrogen (secondary N) is 1. The van der Waals surface area contributed by atoms with Gasteiger partial charge in [0.15, 0.2) is 11.5 Å². The van der Waals surface area contributed by atoms with Crippen molar-refractivity contribution in [2.24, 2.45) is 0 Å². The van der Waals surface area contributed by atoms with E-state index in [1.165, 1.54) is 4.90 Å². The molecular weight excluding hydrogens is 346 g/mol. The molecule has 0 aliphatic carbocycles. The van der Waals surface area contributed by atoms with Gasteiger partial charge in [-0.2, -0.15) is 0 Å². The summed E-state index contributed by atoms with van der Waals surface area (Å²) in [6.45, 7) is 1.95. The van der Waals surface area contributed by atoms with Crippen LogP contribution < -0.4 is 15.0 Å². The van der Waals surface area contributed by atoms with Crippen LogP contribution in [-0.2, 0) is 11.3 Å². The molecule has 3 aromatic rings. The highest BCUT2D eigenvalue weighted by atomic mass is 16.6. The van der Waals surface area contributed by atoms with Crippen LogP contribution in [0.3, 0.4) is 0 Å². The first-order chi connectivity index (χ1) is 13.0. The third-order valence-corrected chi connectivity index (χ3v) is 4.51. The number of likely N-dealkylation sites (N-methyl/N-ethyl adjacent to an activating group) is 1. The van der Waals surface area contributed by atoms with E-state index in [-0.39, 0.29) is 18.0 Å². The number of fused-ring (bicyclic) bond motifs is 2. The number of H-pyrrole nitrogens is 1. The highest BCUT2D eigenvalue weighted by Crippen LogP contribution is 2.33. The van der Waals surface area contributed by atoms with Crippen molar-refractivity contribution in [2.75, 3.05) is 7.05 Å². The van der Waals surface area contributed by atoms with Gasteiger partial charge in [0.1, 0.15) is 11.9 Å². The summed E-state index contributed by atoms with van der Waals surface area (Å²) in [6, 6.07) is 14.3. The Balaban J connectivity index is 1.54. The monoisotopic (exact) mass is 365 g/mol. The molecule has 0 fully saturated rings. The van der Waals surface area contributed by atoms with Crippen LogP contribution in [0.15, 0.2) is 53.3 Å². The number of benzene rings is 2. The second-order valence-electron chi connectivity index (χ2n) is 6.53. The number of hydrogen-bond donors (Lipinski definition) is 1. The number of carbonyl (C=O) groups is 1. The van der Waals surface area contributed by atoms with Crippen LogP contribution in [0, 0.1) is 0 Å². The minimum atomic E-state index is -0.767. The van der Waals surface area contributed by atoms with E-state index in [0.717, 1.165) is 0 Å². The number of nitrogens with zero attached hydrogens (tertiary/aromatic N) is 2. The second kappa shape index (κ2) is 6.75. The van der Waals surface area contributed by atoms with Crippen molar-refractivity contribution >= 4 is 16.8 Å². The van der Waals surface area contributed by atoms with E-state index in [0.29, 0.717) is 28.2 Å². The molecule has 27 heavy (non-hydrogen) atoms. The lowest BCUT2D eigenvalue weighted by molar-refractivity contribution is -0.143. The maximum absolute atomic E-state index is 12.9. The van der Waals surface area contributed by atoms with Crippen LogP contribution in [-0.4, -0.2) is 40.0 Å². The lowest BCUT2D eigenvalue weighted by atomic mass is 10.1. The Morgan fingerprint density at radius 1 is 1.11 bits per heavy atom. The second-order valence-corrected chi connectivity index (χ2v) is 6.53. The van der Waals surface area contributed by atoms with Crippen molar-refractivity contribution in [1.82, 2.24) is 14.9 Å². The van der Waals surface area contributed by atoms with E-state index in [1.54, 1.807) is 44.3 Å². The summed E-state index contributed by atoms with van der Waals surface area (Å²) in [5.74, 6) is 1.34. The van der Waals surface area contributed by atoms with Gasteiger partial charge in [-0.1, -0.05) is 24.3 Å². The first-order valence-corrected chi connectivity index (χ1v) is 8.68. The molecule has 4 rings (SSSR count). The summed E-state index contributed by atoms with van der Waals surface area (Å²) < 4.78 is 11.6. The fourth-order valence-electron chi connectivity index (χ4n) is 3.12. The van der Waals surface area contributed by atoms with Crippen LogP contribution in [0.1, 0.15) is 12.7 Å². The molecule has 2 unspecified atom stereocenters. The molecular formula is C20H19N3O4.